The minimum absolute atomic E-state index is 0.556. The van der Waals surface area contributed by atoms with Crippen LogP contribution in [-0.4, -0.2) is 31.6 Å². The van der Waals surface area contributed by atoms with Gasteiger partial charge in [0.2, 0.25) is 0 Å². The molecule has 2 atom stereocenters. The maximum absolute atomic E-state index is 6.42. The maximum atomic E-state index is 6.42. The molecule has 132 valence electrons. The summed E-state index contributed by atoms with van der Waals surface area (Å²) >= 11 is 0. The predicted octanol–water partition coefficient (Wildman–Crippen LogP) is 4.68. The fourth-order valence-electron chi connectivity index (χ4n) is 4.60. The van der Waals surface area contributed by atoms with Crippen LogP contribution in [-0.2, 0) is 12.8 Å². The van der Waals surface area contributed by atoms with Gasteiger partial charge in [-0.3, -0.25) is 0 Å². The number of hydrogen-bond acceptors (Lipinski definition) is 2. The molecule has 1 saturated heterocycles. The van der Waals surface area contributed by atoms with Gasteiger partial charge in [0.1, 0.15) is 5.75 Å². The zero-order valence-corrected chi connectivity index (χ0v) is 15.3. The van der Waals surface area contributed by atoms with Gasteiger partial charge in [0.05, 0.1) is 6.61 Å². The molecule has 0 aromatic heterocycles. The number of nitrogens with zero attached hydrogens (tertiary/aromatic N) is 1. The third kappa shape index (κ3) is 3.74. The van der Waals surface area contributed by atoms with Crippen molar-refractivity contribution in [2.45, 2.75) is 38.0 Å². The normalized spacial score (nSPS) is 23.9. The Hall–Kier alpha value is -1.80. The molecule has 1 heterocycles. The Kier molecular flexibility index (Phi) is 5.07. The standard InChI is InChI=1S/C23H29NO/c1-24-15-14-21(18-8-3-2-4-9-18)20(16-24)17-25-23-13-7-11-19-10-5-6-12-22(19)23/h2-4,7-9,11,13,20-21H,5-6,10,12,14-17H2,1H3/t20-,21-/m1/s1. The van der Waals surface area contributed by atoms with Crippen LogP contribution in [0.3, 0.4) is 0 Å². The van der Waals surface area contributed by atoms with Crippen LogP contribution in [0.25, 0.3) is 0 Å². The van der Waals surface area contributed by atoms with Crippen molar-refractivity contribution in [2.24, 2.45) is 5.92 Å². The first-order chi connectivity index (χ1) is 12.3. The Labute approximate surface area is 151 Å². The van der Waals surface area contributed by atoms with Crippen molar-refractivity contribution in [3.05, 3.63) is 65.2 Å². The van der Waals surface area contributed by atoms with E-state index in [1.54, 1.807) is 0 Å². The summed E-state index contributed by atoms with van der Waals surface area (Å²) in [4.78, 5) is 2.45. The molecule has 2 aliphatic rings. The third-order valence-electron chi connectivity index (χ3n) is 5.97. The average Bonchev–Trinajstić information content (AvgIpc) is 2.67. The van der Waals surface area contributed by atoms with Crippen LogP contribution < -0.4 is 4.74 Å². The monoisotopic (exact) mass is 335 g/mol. The van der Waals surface area contributed by atoms with Gasteiger partial charge in [0, 0.05) is 12.5 Å². The van der Waals surface area contributed by atoms with E-state index in [4.69, 9.17) is 4.74 Å². The quantitative estimate of drug-likeness (QED) is 0.804. The Bertz CT molecular complexity index is 696. The van der Waals surface area contributed by atoms with Crippen molar-refractivity contribution >= 4 is 0 Å². The Morgan fingerprint density at radius 1 is 1.00 bits per heavy atom. The van der Waals surface area contributed by atoms with Crippen LogP contribution in [0.15, 0.2) is 48.5 Å². The summed E-state index contributed by atoms with van der Waals surface area (Å²) in [5.74, 6) is 2.30. The van der Waals surface area contributed by atoms with Crippen LogP contribution in [0.5, 0.6) is 5.75 Å². The first kappa shape index (κ1) is 16.7. The molecule has 1 fully saturated rings. The summed E-state index contributed by atoms with van der Waals surface area (Å²) in [5.41, 5.74) is 4.44. The molecule has 25 heavy (non-hydrogen) atoms. The van der Waals surface area contributed by atoms with Gasteiger partial charge >= 0.3 is 0 Å². The molecular weight excluding hydrogens is 306 g/mol. The summed E-state index contributed by atoms with van der Waals surface area (Å²) in [6, 6.07) is 17.6. The second kappa shape index (κ2) is 7.61. The van der Waals surface area contributed by atoms with Crippen molar-refractivity contribution in [3.63, 3.8) is 0 Å². The minimum Gasteiger partial charge on any atom is -0.493 e. The third-order valence-corrected chi connectivity index (χ3v) is 5.97. The molecule has 0 amide bonds. The second-order valence-corrected chi connectivity index (χ2v) is 7.74. The van der Waals surface area contributed by atoms with Gasteiger partial charge in [-0.05, 0) is 74.4 Å². The van der Waals surface area contributed by atoms with Gasteiger partial charge in [-0.1, -0.05) is 42.5 Å². The fourth-order valence-corrected chi connectivity index (χ4v) is 4.60. The van der Waals surface area contributed by atoms with E-state index < -0.39 is 0 Å². The van der Waals surface area contributed by atoms with Crippen LogP contribution in [0.1, 0.15) is 41.9 Å². The molecule has 2 heteroatoms. The number of aryl methyl sites for hydroxylation is 1. The van der Waals surface area contributed by atoms with E-state index in [1.165, 1.54) is 55.3 Å². The molecule has 4 rings (SSSR count). The smallest absolute Gasteiger partial charge is 0.122 e. The molecule has 0 N–H and O–H groups in total. The van der Waals surface area contributed by atoms with Gasteiger partial charge in [0.25, 0.3) is 0 Å². The Morgan fingerprint density at radius 3 is 2.72 bits per heavy atom. The van der Waals surface area contributed by atoms with E-state index in [1.807, 2.05) is 0 Å². The lowest BCUT2D eigenvalue weighted by atomic mass is 9.81. The summed E-state index contributed by atoms with van der Waals surface area (Å²) in [6.07, 6.45) is 6.23. The number of ether oxygens (including phenoxy) is 1. The molecule has 2 aromatic carbocycles. The summed E-state index contributed by atoms with van der Waals surface area (Å²) in [7, 11) is 2.23. The highest BCUT2D eigenvalue weighted by atomic mass is 16.5. The molecule has 1 aliphatic heterocycles. The Morgan fingerprint density at radius 2 is 1.84 bits per heavy atom. The lowest BCUT2D eigenvalue weighted by Gasteiger charge is -2.37. The zero-order valence-electron chi connectivity index (χ0n) is 15.3. The molecule has 0 spiro atoms. The molecular formula is C23H29NO. The van der Waals surface area contributed by atoms with Gasteiger partial charge in [0.15, 0.2) is 0 Å². The average molecular weight is 335 g/mol. The van der Waals surface area contributed by atoms with Gasteiger partial charge in [-0.2, -0.15) is 0 Å². The van der Waals surface area contributed by atoms with Gasteiger partial charge in [-0.15, -0.1) is 0 Å². The number of benzene rings is 2. The number of rotatable bonds is 4. The van der Waals surface area contributed by atoms with Crippen LogP contribution in [0.4, 0.5) is 0 Å². The summed E-state index contributed by atoms with van der Waals surface area (Å²) < 4.78 is 6.42. The predicted molar refractivity (Wildman–Crippen MR) is 103 cm³/mol. The highest BCUT2D eigenvalue weighted by Crippen LogP contribution is 2.34. The molecule has 2 nitrogen and oxygen atoms in total. The van der Waals surface area contributed by atoms with E-state index in [0.29, 0.717) is 11.8 Å². The zero-order chi connectivity index (χ0) is 17.1. The van der Waals surface area contributed by atoms with Crippen molar-refractivity contribution in [2.75, 3.05) is 26.7 Å². The van der Waals surface area contributed by atoms with Crippen molar-refractivity contribution in [3.8, 4) is 5.75 Å². The highest BCUT2D eigenvalue weighted by Gasteiger charge is 2.29. The van der Waals surface area contributed by atoms with Crippen molar-refractivity contribution < 1.29 is 4.74 Å². The molecule has 0 radical (unpaired) electrons. The highest BCUT2D eigenvalue weighted by molar-refractivity contribution is 5.41. The largest absolute Gasteiger partial charge is 0.493 e. The molecule has 0 saturated carbocycles. The number of hydrogen-bond donors (Lipinski definition) is 0. The van der Waals surface area contributed by atoms with Crippen LogP contribution in [0, 0.1) is 5.92 Å². The lowest BCUT2D eigenvalue weighted by molar-refractivity contribution is 0.129. The molecule has 2 aromatic rings. The van der Waals surface area contributed by atoms with Crippen molar-refractivity contribution in [1.29, 1.82) is 0 Å². The van der Waals surface area contributed by atoms with E-state index in [0.717, 1.165) is 18.9 Å². The molecule has 0 unspecified atom stereocenters. The van der Waals surface area contributed by atoms with Crippen molar-refractivity contribution in [1.82, 2.24) is 4.90 Å². The lowest BCUT2D eigenvalue weighted by Crippen LogP contribution is -2.39. The first-order valence-corrected chi connectivity index (χ1v) is 9.78. The van der Waals surface area contributed by atoms with E-state index in [2.05, 4.69) is 60.5 Å². The van der Waals surface area contributed by atoms with E-state index >= 15 is 0 Å². The summed E-state index contributed by atoms with van der Waals surface area (Å²) in [6.45, 7) is 3.12. The first-order valence-electron chi connectivity index (χ1n) is 9.78. The number of fused-ring (bicyclic) bond motifs is 1. The summed E-state index contributed by atoms with van der Waals surface area (Å²) in [5, 5.41) is 0. The number of piperidine rings is 1. The van der Waals surface area contributed by atoms with Crippen LogP contribution in [0.2, 0.25) is 0 Å². The van der Waals surface area contributed by atoms with E-state index in [-0.39, 0.29) is 0 Å². The topological polar surface area (TPSA) is 12.5 Å². The Balaban J connectivity index is 1.50. The number of likely N-dealkylation sites (tertiary alicyclic amines) is 1. The van der Waals surface area contributed by atoms with Gasteiger partial charge in [-0.25, -0.2) is 0 Å². The minimum atomic E-state index is 0.556. The van der Waals surface area contributed by atoms with Crippen LogP contribution >= 0.6 is 0 Å². The SMILES string of the molecule is CN1CC[C@H](c2ccccc2)[C@@H](COc2cccc3c2CCCC3)C1. The maximum Gasteiger partial charge on any atom is 0.122 e. The fraction of sp³-hybridized carbons (Fsp3) is 0.478. The second-order valence-electron chi connectivity index (χ2n) is 7.74. The van der Waals surface area contributed by atoms with Gasteiger partial charge < -0.3 is 9.64 Å². The molecule has 1 aliphatic carbocycles. The van der Waals surface area contributed by atoms with E-state index in [9.17, 15) is 0 Å². The molecule has 0 bridgehead atoms.